The zero-order valence-corrected chi connectivity index (χ0v) is 21.2. The maximum absolute atomic E-state index is 12.9. The van der Waals surface area contributed by atoms with Crippen LogP contribution in [0.2, 0.25) is 0 Å². The van der Waals surface area contributed by atoms with E-state index < -0.39 is 6.04 Å². The molecule has 6 N–H and O–H groups in total. The standard InChI is InChI=1S/C30H25N7O3/c1-2-26(38)33-22-11-8-19(9-12-22)29(39)35-28-24-15-20(10-13-25(24)36-37-28)21-14-23(17-32-16-21)34-30(40)27(31)18-6-4-3-5-7-18/h2-17,27H,1,31H2,(H,33,38)(H,34,40)(H2,35,36,37,39)/t27-/m0/s1. The van der Waals surface area contributed by atoms with Gasteiger partial charge in [0.25, 0.3) is 5.91 Å². The lowest BCUT2D eigenvalue weighted by Crippen LogP contribution is -2.27. The van der Waals surface area contributed by atoms with Crippen LogP contribution in [-0.4, -0.2) is 32.9 Å². The summed E-state index contributed by atoms with van der Waals surface area (Å²) in [6, 6.07) is 22.2. The van der Waals surface area contributed by atoms with Crippen molar-refractivity contribution in [2.24, 2.45) is 5.73 Å². The van der Waals surface area contributed by atoms with Crippen LogP contribution in [0.4, 0.5) is 17.2 Å². The molecule has 1 atom stereocenters. The maximum atomic E-state index is 12.9. The number of nitrogens with one attached hydrogen (secondary N) is 4. The summed E-state index contributed by atoms with van der Waals surface area (Å²) in [6.07, 6.45) is 4.40. The van der Waals surface area contributed by atoms with E-state index >= 15 is 0 Å². The quantitative estimate of drug-likeness (QED) is 0.184. The molecule has 3 amide bonds. The van der Waals surface area contributed by atoms with Crippen LogP contribution < -0.4 is 21.7 Å². The fourth-order valence-electron chi connectivity index (χ4n) is 4.06. The minimum atomic E-state index is -0.819. The van der Waals surface area contributed by atoms with Crippen LogP contribution in [0, 0.1) is 0 Å². The highest BCUT2D eigenvalue weighted by Gasteiger charge is 2.17. The lowest BCUT2D eigenvalue weighted by Gasteiger charge is -2.13. The predicted molar refractivity (Wildman–Crippen MR) is 155 cm³/mol. The summed E-state index contributed by atoms with van der Waals surface area (Å²) in [6.45, 7) is 3.42. The number of aromatic nitrogens is 3. The first-order chi connectivity index (χ1) is 19.4. The van der Waals surface area contributed by atoms with Crippen LogP contribution in [0.25, 0.3) is 22.0 Å². The molecule has 2 aromatic heterocycles. The third kappa shape index (κ3) is 5.77. The summed E-state index contributed by atoms with van der Waals surface area (Å²) in [7, 11) is 0. The topological polar surface area (TPSA) is 155 Å². The number of amides is 3. The molecule has 5 aromatic rings. The molecule has 10 nitrogen and oxygen atoms in total. The van der Waals surface area contributed by atoms with E-state index in [9.17, 15) is 14.4 Å². The van der Waals surface area contributed by atoms with E-state index in [2.05, 4.69) is 37.7 Å². The molecular weight excluding hydrogens is 506 g/mol. The van der Waals surface area contributed by atoms with E-state index in [0.717, 1.165) is 16.6 Å². The first-order valence-electron chi connectivity index (χ1n) is 12.3. The lowest BCUT2D eigenvalue weighted by atomic mass is 10.0. The Labute approximate surface area is 229 Å². The highest BCUT2D eigenvalue weighted by molar-refractivity contribution is 6.08. The summed E-state index contributed by atoms with van der Waals surface area (Å²) in [5.41, 5.74) is 10.6. The van der Waals surface area contributed by atoms with Gasteiger partial charge in [-0.2, -0.15) is 5.10 Å². The zero-order valence-electron chi connectivity index (χ0n) is 21.2. The van der Waals surface area contributed by atoms with E-state index in [4.69, 9.17) is 5.73 Å². The number of hydrogen-bond donors (Lipinski definition) is 5. The average Bonchev–Trinajstić information content (AvgIpc) is 3.39. The van der Waals surface area contributed by atoms with Crippen molar-refractivity contribution in [2.45, 2.75) is 6.04 Å². The van der Waals surface area contributed by atoms with Crippen molar-refractivity contribution in [3.05, 3.63) is 115 Å². The number of aromatic amines is 1. The van der Waals surface area contributed by atoms with E-state index in [1.54, 1.807) is 54.9 Å². The molecule has 0 spiro atoms. The highest BCUT2D eigenvalue weighted by atomic mass is 16.2. The summed E-state index contributed by atoms with van der Waals surface area (Å²) in [4.78, 5) is 41.3. The van der Waals surface area contributed by atoms with Gasteiger partial charge in [-0.1, -0.05) is 43.0 Å². The third-order valence-electron chi connectivity index (χ3n) is 6.18. The van der Waals surface area contributed by atoms with Gasteiger partial charge in [-0.05, 0) is 59.7 Å². The number of anilines is 3. The average molecular weight is 532 g/mol. The number of pyridine rings is 1. The molecule has 0 fully saturated rings. The number of nitrogens with zero attached hydrogens (tertiary/aromatic N) is 2. The molecule has 0 aliphatic heterocycles. The second-order valence-corrected chi connectivity index (χ2v) is 8.90. The Morgan fingerprint density at radius 2 is 1.62 bits per heavy atom. The van der Waals surface area contributed by atoms with Crippen LogP contribution in [-0.2, 0) is 9.59 Å². The Hall–Kier alpha value is -5.61. The molecule has 198 valence electrons. The molecule has 10 heteroatoms. The number of carbonyl (C=O) groups is 3. The van der Waals surface area contributed by atoms with Crippen LogP contribution in [0.15, 0.2) is 104 Å². The smallest absolute Gasteiger partial charge is 0.256 e. The second-order valence-electron chi connectivity index (χ2n) is 8.90. The van der Waals surface area contributed by atoms with Crippen molar-refractivity contribution in [3.8, 4) is 11.1 Å². The Morgan fingerprint density at radius 3 is 2.38 bits per heavy atom. The molecule has 5 rings (SSSR count). The molecule has 0 saturated carbocycles. The largest absolute Gasteiger partial charge is 0.323 e. The maximum Gasteiger partial charge on any atom is 0.256 e. The Kier molecular flexibility index (Phi) is 7.43. The van der Waals surface area contributed by atoms with Gasteiger partial charge in [0.05, 0.1) is 17.4 Å². The minimum Gasteiger partial charge on any atom is -0.323 e. The van der Waals surface area contributed by atoms with E-state index in [-0.39, 0.29) is 17.7 Å². The SMILES string of the molecule is C=CC(=O)Nc1ccc(C(=O)Nc2n[nH]c3ccc(-c4cncc(NC(=O)[C@@H](N)c5ccccc5)c4)cc23)cc1. The van der Waals surface area contributed by atoms with Gasteiger partial charge < -0.3 is 21.7 Å². The third-order valence-corrected chi connectivity index (χ3v) is 6.18. The normalized spacial score (nSPS) is 11.4. The van der Waals surface area contributed by atoms with Crippen LogP contribution >= 0.6 is 0 Å². The number of carbonyl (C=O) groups excluding carboxylic acids is 3. The van der Waals surface area contributed by atoms with Gasteiger partial charge in [-0.25, -0.2) is 0 Å². The fourth-order valence-corrected chi connectivity index (χ4v) is 4.06. The van der Waals surface area contributed by atoms with Crippen LogP contribution in [0.1, 0.15) is 22.0 Å². The molecule has 3 aromatic carbocycles. The molecule has 0 aliphatic rings. The van der Waals surface area contributed by atoms with Gasteiger partial charge in [0, 0.05) is 28.4 Å². The summed E-state index contributed by atoms with van der Waals surface area (Å²) in [5.74, 6) is -0.690. The minimum absolute atomic E-state index is 0.338. The second kappa shape index (κ2) is 11.4. The van der Waals surface area contributed by atoms with E-state index in [0.29, 0.717) is 33.7 Å². The summed E-state index contributed by atoms with van der Waals surface area (Å²) >= 11 is 0. The first kappa shape index (κ1) is 26.0. The molecular formula is C30H25N7O3. The fraction of sp³-hybridized carbons (Fsp3) is 0.0333. The molecule has 0 aliphatic carbocycles. The predicted octanol–water partition coefficient (Wildman–Crippen LogP) is 4.64. The monoisotopic (exact) mass is 531 g/mol. The summed E-state index contributed by atoms with van der Waals surface area (Å²) in [5, 5.41) is 16.2. The number of H-pyrrole nitrogens is 1. The molecule has 40 heavy (non-hydrogen) atoms. The van der Waals surface area contributed by atoms with Crippen molar-refractivity contribution >= 4 is 45.8 Å². The van der Waals surface area contributed by atoms with E-state index in [1.807, 2.05) is 36.4 Å². The van der Waals surface area contributed by atoms with Crippen molar-refractivity contribution in [2.75, 3.05) is 16.0 Å². The number of fused-ring (bicyclic) bond motifs is 1. The Morgan fingerprint density at radius 1 is 0.850 bits per heavy atom. The van der Waals surface area contributed by atoms with Crippen molar-refractivity contribution in [1.82, 2.24) is 15.2 Å². The van der Waals surface area contributed by atoms with Gasteiger partial charge >= 0.3 is 0 Å². The molecule has 2 heterocycles. The summed E-state index contributed by atoms with van der Waals surface area (Å²) < 4.78 is 0. The molecule has 0 saturated heterocycles. The van der Waals surface area contributed by atoms with Gasteiger partial charge in [-0.15, -0.1) is 0 Å². The number of nitrogens with two attached hydrogens (primary N) is 1. The van der Waals surface area contributed by atoms with E-state index in [1.165, 1.54) is 6.08 Å². The van der Waals surface area contributed by atoms with Crippen molar-refractivity contribution in [3.63, 3.8) is 0 Å². The van der Waals surface area contributed by atoms with Gasteiger partial charge in [0.15, 0.2) is 5.82 Å². The lowest BCUT2D eigenvalue weighted by molar-refractivity contribution is -0.117. The highest BCUT2D eigenvalue weighted by Crippen LogP contribution is 2.29. The van der Waals surface area contributed by atoms with Crippen LogP contribution in [0.3, 0.4) is 0 Å². The molecule has 0 bridgehead atoms. The van der Waals surface area contributed by atoms with Crippen molar-refractivity contribution < 1.29 is 14.4 Å². The van der Waals surface area contributed by atoms with Gasteiger partial charge in [-0.3, -0.25) is 24.5 Å². The zero-order chi connectivity index (χ0) is 28.1. The number of benzene rings is 3. The van der Waals surface area contributed by atoms with Crippen molar-refractivity contribution in [1.29, 1.82) is 0 Å². The van der Waals surface area contributed by atoms with Gasteiger partial charge in [0.1, 0.15) is 6.04 Å². The van der Waals surface area contributed by atoms with Gasteiger partial charge in [0.2, 0.25) is 11.8 Å². The first-order valence-corrected chi connectivity index (χ1v) is 12.3. The number of hydrogen-bond acceptors (Lipinski definition) is 6. The molecule has 0 unspecified atom stereocenters. The number of rotatable bonds is 8. The molecule has 0 radical (unpaired) electrons. The Bertz CT molecular complexity index is 1710. The Balaban J connectivity index is 1.33. The van der Waals surface area contributed by atoms with Crippen LogP contribution in [0.5, 0.6) is 0 Å².